The number of ether oxygens (including phenoxy) is 2. The first kappa shape index (κ1) is 30.2. The number of hydrogen-bond donors (Lipinski definition) is 4. The van der Waals surface area contributed by atoms with Crippen LogP contribution in [-0.2, 0) is 0 Å². The molecular weight excluding hydrogens is 538 g/mol. The highest BCUT2D eigenvalue weighted by Gasteiger charge is 2.35. The summed E-state index contributed by atoms with van der Waals surface area (Å²) in [7, 11) is 3.23. The zero-order valence-electron chi connectivity index (χ0n) is 24.2. The van der Waals surface area contributed by atoms with Crippen LogP contribution in [0.2, 0.25) is 0 Å². The molecule has 0 saturated heterocycles. The standard InChI is InChI=1S/C31H37N5O6/c1-20-17-36(21(2)19-37)29(38)25-11-8-12-26(34-30(39)32-23-13-15-24(41-4)16-14-23)28(25)42-27(20)18-35(3)31(40)33-22-9-6-5-7-10-22/h5-16,20-21,27,37H,17-19H2,1-4H3,(H,33,40)(H2,32,34,39)/t20-,21+,27+/m1/s1. The summed E-state index contributed by atoms with van der Waals surface area (Å²) in [6, 6.07) is 19.6. The minimum absolute atomic E-state index is 0.191. The molecule has 0 saturated carbocycles. The summed E-state index contributed by atoms with van der Waals surface area (Å²) in [5, 5.41) is 18.3. The molecule has 0 aliphatic carbocycles. The molecule has 1 heterocycles. The van der Waals surface area contributed by atoms with Gasteiger partial charge in [0.1, 0.15) is 11.9 Å². The molecule has 11 nitrogen and oxygen atoms in total. The van der Waals surface area contributed by atoms with Gasteiger partial charge in [0.25, 0.3) is 5.91 Å². The molecule has 0 bridgehead atoms. The number of amides is 5. The van der Waals surface area contributed by atoms with Gasteiger partial charge in [-0.2, -0.15) is 0 Å². The maximum atomic E-state index is 13.7. The fourth-order valence-electron chi connectivity index (χ4n) is 4.61. The molecule has 0 aromatic heterocycles. The summed E-state index contributed by atoms with van der Waals surface area (Å²) in [6.45, 7) is 3.97. The van der Waals surface area contributed by atoms with Crippen molar-refractivity contribution in [3.05, 3.63) is 78.4 Å². The van der Waals surface area contributed by atoms with E-state index >= 15 is 0 Å². The second-order valence-electron chi connectivity index (χ2n) is 10.3. The maximum absolute atomic E-state index is 13.7. The monoisotopic (exact) mass is 575 g/mol. The molecule has 4 rings (SSSR count). The van der Waals surface area contributed by atoms with Crippen LogP contribution in [0.25, 0.3) is 0 Å². The zero-order valence-corrected chi connectivity index (χ0v) is 24.2. The molecule has 1 aliphatic rings. The Morgan fingerprint density at radius 2 is 1.71 bits per heavy atom. The summed E-state index contributed by atoms with van der Waals surface area (Å²) < 4.78 is 11.6. The Labute approximate surface area is 245 Å². The van der Waals surface area contributed by atoms with Crippen molar-refractivity contribution in [2.75, 3.05) is 49.8 Å². The van der Waals surface area contributed by atoms with Crippen LogP contribution in [0.15, 0.2) is 72.8 Å². The van der Waals surface area contributed by atoms with Crippen LogP contribution in [0.1, 0.15) is 24.2 Å². The minimum atomic E-state index is -0.552. The summed E-state index contributed by atoms with van der Waals surface area (Å²) in [5.74, 6) is 0.285. The van der Waals surface area contributed by atoms with Crippen molar-refractivity contribution >= 4 is 35.0 Å². The van der Waals surface area contributed by atoms with E-state index in [4.69, 9.17) is 9.47 Å². The first-order valence-corrected chi connectivity index (χ1v) is 13.7. The van der Waals surface area contributed by atoms with E-state index in [1.807, 2.05) is 25.1 Å². The fraction of sp³-hybridized carbons (Fsp3) is 0.323. The number of aliphatic hydroxyl groups is 1. The molecule has 11 heteroatoms. The quantitative estimate of drug-likeness (QED) is 0.307. The van der Waals surface area contributed by atoms with Crippen LogP contribution in [-0.4, -0.2) is 78.9 Å². The van der Waals surface area contributed by atoms with Gasteiger partial charge in [-0.15, -0.1) is 0 Å². The molecule has 1 aliphatic heterocycles. The molecule has 4 N–H and O–H groups in total. The molecule has 0 radical (unpaired) electrons. The molecule has 42 heavy (non-hydrogen) atoms. The number of urea groups is 2. The number of hydrogen-bond acceptors (Lipinski definition) is 6. The van der Waals surface area contributed by atoms with Crippen molar-refractivity contribution in [1.29, 1.82) is 0 Å². The van der Waals surface area contributed by atoms with Crippen LogP contribution in [0.5, 0.6) is 11.5 Å². The number of carbonyl (C=O) groups excluding carboxylic acids is 3. The van der Waals surface area contributed by atoms with Crippen LogP contribution < -0.4 is 25.4 Å². The van der Waals surface area contributed by atoms with Gasteiger partial charge in [-0.05, 0) is 55.5 Å². The van der Waals surface area contributed by atoms with Crippen LogP contribution in [0, 0.1) is 5.92 Å². The van der Waals surface area contributed by atoms with E-state index in [2.05, 4.69) is 16.0 Å². The Bertz CT molecular complexity index is 1380. The van der Waals surface area contributed by atoms with Gasteiger partial charge in [0, 0.05) is 30.9 Å². The van der Waals surface area contributed by atoms with E-state index < -0.39 is 18.2 Å². The third kappa shape index (κ3) is 7.29. The molecule has 5 amide bonds. The summed E-state index contributed by atoms with van der Waals surface area (Å²) in [4.78, 5) is 42.7. The molecule has 222 valence electrons. The Morgan fingerprint density at radius 1 is 1.02 bits per heavy atom. The number of fused-ring (bicyclic) bond motifs is 1. The lowest BCUT2D eigenvalue weighted by atomic mass is 9.99. The normalized spacial score (nSPS) is 17.1. The van der Waals surface area contributed by atoms with E-state index in [-0.39, 0.29) is 42.3 Å². The van der Waals surface area contributed by atoms with Gasteiger partial charge in [-0.1, -0.05) is 31.2 Å². The molecule has 3 atom stereocenters. The van der Waals surface area contributed by atoms with Crippen molar-refractivity contribution < 1.29 is 29.0 Å². The number of nitrogens with one attached hydrogen (secondary N) is 3. The SMILES string of the molecule is COc1ccc(NC(=O)Nc2cccc3c2O[C@@H](CN(C)C(=O)Nc2ccccc2)[C@H](C)CN([C@@H](C)CO)C3=O)cc1. The van der Waals surface area contributed by atoms with Gasteiger partial charge in [-0.3, -0.25) is 4.79 Å². The van der Waals surface area contributed by atoms with Gasteiger partial charge in [0.05, 0.1) is 37.6 Å². The van der Waals surface area contributed by atoms with Crippen LogP contribution in [0.4, 0.5) is 26.7 Å². The molecule has 3 aromatic carbocycles. The first-order valence-electron chi connectivity index (χ1n) is 13.7. The topological polar surface area (TPSA) is 132 Å². The molecule has 0 unspecified atom stereocenters. The Balaban J connectivity index is 1.61. The fourth-order valence-corrected chi connectivity index (χ4v) is 4.61. The lowest BCUT2D eigenvalue weighted by molar-refractivity contribution is 0.0373. The van der Waals surface area contributed by atoms with Gasteiger partial charge in [-0.25, -0.2) is 9.59 Å². The van der Waals surface area contributed by atoms with Gasteiger partial charge in [0.2, 0.25) is 0 Å². The Morgan fingerprint density at radius 3 is 2.38 bits per heavy atom. The highest BCUT2D eigenvalue weighted by molar-refractivity contribution is 6.04. The summed E-state index contributed by atoms with van der Waals surface area (Å²) in [6.07, 6.45) is -0.552. The number of para-hydroxylation sites is 2. The number of carbonyl (C=O) groups is 3. The molecule has 3 aromatic rings. The number of aliphatic hydroxyl groups excluding tert-OH is 1. The van der Waals surface area contributed by atoms with Crippen molar-refractivity contribution in [2.45, 2.75) is 26.0 Å². The van der Waals surface area contributed by atoms with E-state index in [0.29, 0.717) is 29.4 Å². The Kier molecular flexibility index (Phi) is 9.87. The Hall–Kier alpha value is -4.77. The highest BCUT2D eigenvalue weighted by atomic mass is 16.5. The predicted octanol–water partition coefficient (Wildman–Crippen LogP) is 4.72. The van der Waals surface area contributed by atoms with E-state index in [1.165, 1.54) is 4.90 Å². The lowest BCUT2D eigenvalue weighted by Gasteiger charge is -2.38. The number of nitrogens with zero attached hydrogens (tertiary/aromatic N) is 2. The lowest BCUT2D eigenvalue weighted by Crippen LogP contribution is -2.50. The number of anilines is 3. The number of likely N-dealkylation sites (N-methyl/N-ethyl adjacent to an activating group) is 1. The number of methoxy groups -OCH3 is 1. The van der Waals surface area contributed by atoms with Crippen LogP contribution >= 0.6 is 0 Å². The number of benzene rings is 3. The summed E-state index contributed by atoms with van der Waals surface area (Å²) >= 11 is 0. The summed E-state index contributed by atoms with van der Waals surface area (Å²) in [5.41, 5.74) is 1.74. The molecule has 0 fully saturated rings. The van der Waals surface area contributed by atoms with Crippen molar-refractivity contribution in [3.8, 4) is 11.5 Å². The van der Waals surface area contributed by atoms with E-state index in [0.717, 1.165) is 0 Å². The van der Waals surface area contributed by atoms with E-state index in [9.17, 15) is 19.5 Å². The van der Waals surface area contributed by atoms with Crippen molar-refractivity contribution in [3.63, 3.8) is 0 Å². The van der Waals surface area contributed by atoms with Crippen molar-refractivity contribution in [2.24, 2.45) is 5.92 Å². The third-order valence-corrected chi connectivity index (χ3v) is 7.11. The molecule has 0 spiro atoms. The predicted molar refractivity (Wildman–Crippen MR) is 161 cm³/mol. The molecular formula is C31H37N5O6. The van der Waals surface area contributed by atoms with Gasteiger partial charge in [0.15, 0.2) is 5.75 Å². The third-order valence-electron chi connectivity index (χ3n) is 7.11. The van der Waals surface area contributed by atoms with Crippen molar-refractivity contribution in [1.82, 2.24) is 9.80 Å². The average Bonchev–Trinajstić information content (AvgIpc) is 2.99. The van der Waals surface area contributed by atoms with E-state index in [1.54, 1.807) is 80.6 Å². The van der Waals surface area contributed by atoms with Gasteiger partial charge < -0.3 is 40.3 Å². The first-order chi connectivity index (χ1) is 20.2. The zero-order chi connectivity index (χ0) is 30.2. The average molecular weight is 576 g/mol. The largest absolute Gasteiger partial charge is 0.497 e. The van der Waals surface area contributed by atoms with Crippen LogP contribution in [0.3, 0.4) is 0 Å². The maximum Gasteiger partial charge on any atom is 0.323 e. The smallest absolute Gasteiger partial charge is 0.323 e. The minimum Gasteiger partial charge on any atom is -0.497 e. The van der Waals surface area contributed by atoms with Gasteiger partial charge >= 0.3 is 12.1 Å². The highest BCUT2D eigenvalue weighted by Crippen LogP contribution is 2.35. The number of rotatable bonds is 8. The second-order valence-corrected chi connectivity index (χ2v) is 10.3. The second kappa shape index (κ2) is 13.7.